The Bertz CT molecular complexity index is 885. The van der Waals surface area contributed by atoms with Gasteiger partial charge >= 0.3 is 0 Å². The molecule has 0 aromatic heterocycles. The third-order valence-electron chi connectivity index (χ3n) is 5.27. The number of rotatable bonds is 5. The van der Waals surface area contributed by atoms with E-state index in [1.165, 1.54) is 4.90 Å². The minimum absolute atomic E-state index is 0.0621. The molecule has 1 aromatic rings. The molecule has 2 aliphatic rings. The smallest absolute Gasteiger partial charge is 0.244 e. The molecular formula is C19H25N3O6S. The minimum atomic E-state index is -3.09. The Hall–Kier alpha value is -2.62. The Balaban J connectivity index is 1.56. The second-order valence-corrected chi connectivity index (χ2v) is 9.61. The lowest BCUT2D eigenvalue weighted by Crippen LogP contribution is -2.52. The van der Waals surface area contributed by atoms with Gasteiger partial charge in [0.15, 0.2) is 9.84 Å². The molecule has 0 radical (unpaired) electrons. The fourth-order valence-corrected chi connectivity index (χ4v) is 4.70. The zero-order chi connectivity index (χ0) is 21.2. The lowest BCUT2D eigenvalue weighted by atomic mass is 10.1. The van der Waals surface area contributed by atoms with Gasteiger partial charge in [0.05, 0.1) is 24.5 Å². The first kappa shape index (κ1) is 21.1. The van der Waals surface area contributed by atoms with Gasteiger partial charge in [0.1, 0.15) is 11.8 Å². The van der Waals surface area contributed by atoms with Crippen LogP contribution in [0, 0.1) is 5.92 Å². The number of nitrogens with zero attached hydrogens (tertiary/aromatic N) is 2. The average molecular weight is 423 g/mol. The van der Waals surface area contributed by atoms with Crippen LogP contribution in [0.1, 0.15) is 13.3 Å². The Labute approximate surface area is 169 Å². The zero-order valence-corrected chi connectivity index (χ0v) is 17.3. The van der Waals surface area contributed by atoms with Crippen LogP contribution in [0.25, 0.3) is 0 Å². The lowest BCUT2D eigenvalue weighted by molar-refractivity contribution is -0.136. The van der Waals surface area contributed by atoms with Crippen molar-refractivity contribution in [2.75, 3.05) is 43.1 Å². The summed E-state index contributed by atoms with van der Waals surface area (Å²) in [5.41, 5.74) is 0.685. The molecule has 0 spiro atoms. The van der Waals surface area contributed by atoms with Crippen molar-refractivity contribution >= 4 is 33.2 Å². The number of anilines is 1. The number of hydrogen-bond acceptors (Lipinski definition) is 6. The third kappa shape index (κ3) is 4.87. The van der Waals surface area contributed by atoms with Gasteiger partial charge < -0.3 is 19.9 Å². The van der Waals surface area contributed by atoms with Crippen LogP contribution in [0.4, 0.5) is 5.69 Å². The van der Waals surface area contributed by atoms with E-state index in [0.717, 1.165) is 0 Å². The molecule has 0 bridgehead atoms. The largest absolute Gasteiger partial charge is 0.497 e. The van der Waals surface area contributed by atoms with Gasteiger partial charge in [-0.25, -0.2) is 8.42 Å². The van der Waals surface area contributed by atoms with E-state index in [0.29, 0.717) is 11.4 Å². The van der Waals surface area contributed by atoms with Gasteiger partial charge in [-0.15, -0.1) is 0 Å². The normalized spacial score (nSPS) is 22.3. The number of carbonyl (C=O) groups is 3. The SMILES string of the molecule is COc1ccc(N2CC(C(=O)NC(C)C(=O)N3CCS(=O)(=O)CC3)CC2=O)cc1. The molecule has 158 valence electrons. The molecule has 3 rings (SSSR count). The van der Waals surface area contributed by atoms with E-state index in [1.807, 2.05) is 0 Å². The van der Waals surface area contributed by atoms with Crippen LogP contribution >= 0.6 is 0 Å². The van der Waals surface area contributed by atoms with Gasteiger partial charge in [-0.3, -0.25) is 14.4 Å². The number of hydrogen-bond donors (Lipinski definition) is 1. The molecule has 10 heteroatoms. The summed E-state index contributed by atoms with van der Waals surface area (Å²) in [7, 11) is -1.53. The van der Waals surface area contributed by atoms with Gasteiger partial charge in [0.25, 0.3) is 0 Å². The van der Waals surface area contributed by atoms with E-state index in [4.69, 9.17) is 4.74 Å². The summed E-state index contributed by atoms with van der Waals surface area (Å²) in [5.74, 6) is -0.838. The van der Waals surface area contributed by atoms with Crippen LogP contribution in [0.2, 0.25) is 0 Å². The van der Waals surface area contributed by atoms with Gasteiger partial charge in [-0.05, 0) is 31.2 Å². The second-order valence-electron chi connectivity index (χ2n) is 7.31. The number of methoxy groups -OCH3 is 1. The molecule has 2 saturated heterocycles. The molecule has 9 nitrogen and oxygen atoms in total. The third-order valence-corrected chi connectivity index (χ3v) is 6.87. The lowest BCUT2D eigenvalue weighted by Gasteiger charge is -2.29. The molecule has 2 unspecified atom stereocenters. The van der Waals surface area contributed by atoms with Crippen LogP contribution in [0.5, 0.6) is 5.75 Å². The topological polar surface area (TPSA) is 113 Å². The van der Waals surface area contributed by atoms with E-state index in [1.54, 1.807) is 43.2 Å². The number of benzene rings is 1. The van der Waals surface area contributed by atoms with E-state index in [-0.39, 0.29) is 55.3 Å². The average Bonchev–Trinajstić information content (AvgIpc) is 3.09. The zero-order valence-electron chi connectivity index (χ0n) is 16.5. The molecule has 3 amide bonds. The van der Waals surface area contributed by atoms with Crippen molar-refractivity contribution < 1.29 is 27.5 Å². The van der Waals surface area contributed by atoms with E-state index >= 15 is 0 Å². The molecule has 1 aromatic carbocycles. The first-order chi connectivity index (χ1) is 13.7. The molecule has 2 heterocycles. The van der Waals surface area contributed by atoms with Crippen molar-refractivity contribution in [3.05, 3.63) is 24.3 Å². The first-order valence-corrected chi connectivity index (χ1v) is 11.3. The monoisotopic (exact) mass is 423 g/mol. The van der Waals surface area contributed by atoms with Crippen molar-refractivity contribution in [2.45, 2.75) is 19.4 Å². The fraction of sp³-hybridized carbons (Fsp3) is 0.526. The van der Waals surface area contributed by atoms with Crippen molar-refractivity contribution in [1.29, 1.82) is 0 Å². The number of ether oxygens (including phenoxy) is 1. The predicted molar refractivity (Wildman–Crippen MR) is 106 cm³/mol. The summed E-state index contributed by atoms with van der Waals surface area (Å²) in [6.07, 6.45) is 0.0702. The van der Waals surface area contributed by atoms with Crippen molar-refractivity contribution in [3.63, 3.8) is 0 Å². The molecule has 29 heavy (non-hydrogen) atoms. The van der Waals surface area contributed by atoms with Crippen LogP contribution < -0.4 is 15.0 Å². The van der Waals surface area contributed by atoms with Crippen molar-refractivity contribution in [1.82, 2.24) is 10.2 Å². The Morgan fingerprint density at radius 1 is 1.17 bits per heavy atom. The quantitative estimate of drug-likeness (QED) is 0.702. The molecule has 0 aliphatic carbocycles. The predicted octanol–water partition coefficient (Wildman–Crippen LogP) is -0.190. The van der Waals surface area contributed by atoms with Crippen molar-refractivity contribution in [3.8, 4) is 5.75 Å². The number of carbonyl (C=O) groups excluding carboxylic acids is 3. The maximum atomic E-state index is 12.6. The Kier molecular flexibility index (Phi) is 6.11. The Morgan fingerprint density at radius 2 is 1.79 bits per heavy atom. The van der Waals surface area contributed by atoms with E-state index in [2.05, 4.69) is 5.32 Å². The maximum absolute atomic E-state index is 12.6. The van der Waals surface area contributed by atoms with E-state index in [9.17, 15) is 22.8 Å². The van der Waals surface area contributed by atoms with E-state index < -0.39 is 21.8 Å². The maximum Gasteiger partial charge on any atom is 0.244 e. The van der Waals surface area contributed by atoms with Gasteiger partial charge in [0, 0.05) is 31.7 Å². The van der Waals surface area contributed by atoms with Gasteiger partial charge in [-0.2, -0.15) is 0 Å². The number of amides is 3. The molecule has 0 saturated carbocycles. The molecule has 1 N–H and O–H groups in total. The summed E-state index contributed by atoms with van der Waals surface area (Å²) >= 11 is 0. The van der Waals surface area contributed by atoms with Crippen LogP contribution in [0.15, 0.2) is 24.3 Å². The van der Waals surface area contributed by atoms with Crippen LogP contribution in [-0.4, -0.2) is 75.3 Å². The molecule has 2 aliphatic heterocycles. The summed E-state index contributed by atoms with van der Waals surface area (Å²) in [4.78, 5) is 40.4. The van der Waals surface area contributed by atoms with Crippen LogP contribution in [0.3, 0.4) is 0 Å². The highest BCUT2D eigenvalue weighted by Gasteiger charge is 2.37. The first-order valence-electron chi connectivity index (χ1n) is 9.44. The summed E-state index contributed by atoms with van der Waals surface area (Å²) in [6.45, 7) is 2.07. The van der Waals surface area contributed by atoms with Gasteiger partial charge in [-0.1, -0.05) is 0 Å². The highest BCUT2D eigenvalue weighted by atomic mass is 32.2. The summed E-state index contributed by atoms with van der Waals surface area (Å²) in [6, 6.07) is 6.22. The molecule has 2 fully saturated rings. The molecule has 2 atom stereocenters. The molecular weight excluding hydrogens is 398 g/mol. The number of nitrogens with one attached hydrogen (secondary N) is 1. The highest BCUT2D eigenvalue weighted by Crippen LogP contribution is 2.27. The standard InChI is InChI=1S/C19H25N3O6S/c1-13(19(25)21-7-9-29(26,27)10-8-21)20-18(24)14-11-17(23)22(12-14)15-3-5-16(28-2)6-4-15/h3-6,13-14H,7-12H2,1-2H3,(H,20,24). The van der Waals surface area contributed by atoms with Crippen molar-refractivity contribution in [2.24, 2.45) is 5.92 Å². The summed E-state index contributed by atoms with van der Waals surface area (Å²) < 4.78 is 28.1. The second kappa shape index (κ2) is 8.40. The minimum Gasteiger partial charge on any atom is -0.497 e. The number of sulfone groups is 1. The van der Waals surface area contributed by atoms with Crippen LogP contribution in [-0.2, 0) is 24.2 Å². The fourth-order valence-electron chi connectivity index (χ4n) is 3.49. The van der Waals surface area contributed by atoms with Gasteiger partial charge in [0.2, 0.25) is 17.7 Å². The highest BCUT2D eigenvalue weighted by molar-refractivity contribution is 7.91. The summed E-state index contributed by atoms with van der Waals surface area (Å²) in [5, 5.41) is 2.67. The Morgan fingerprint density at radius 3 is 2.38 bits per heavy atom.